The number of anilines is 1. The van der Waals surface area contributed by atoms with Gasteiger partial charge in [0.15, 0.2) is 11.5 Å². The monoisotopic (exact) mass is 433 g/mol. The third-order valence-electron chi connectivity index (χ3n) is 4.01. The molecule has 0 aliphatic rings. The van der Waals surface area contributed by atoms with E-state index in [-0.39, 0.29) is 54.7 Å². The summed E-state index contributed by atoms with van der Waals surface area (Å²) in [5.41, 5.74) is 4.67. The maximum absolute atomic E-state index is 12.9. The largest absolute Gasteiger partial charge is 0.493 e. The van der Waals surface area contributed by atoms with E-state index >= 15 is 0 Å². The number of para-hydroxylation sites is 2. The predicted molar refractivity (Wildman–Crippen MR) is 111 cm³/mol. The van der Waals surface area contributed by atoms with Gasteiger partial charge in [-0.3, -0.25) is 19.7 Å². The molecule has 0 heterocycles. The number of amides is 2. The number of rotatable bonds is 12. The molecule has 166 valence electrons. The average Bonchev–Trinajstić information content (AvgIpc) is 2.74. The second-order valence-corrected chi connectivity index (χ2v) is 6.13. The van der Waals surface area contributed by atoms with Crippen LogP contribution in [0, 0.1) is 10.1 Å². The fourth-order valence-corrected chi connectivity index (χ4v) is 2.54. The van der Waals surface area contributed by atoms with Crippen LogP contribution in [0.1, 0.15) is 16.8 Å². The van der Waals surface area contributed by atoms with Gasteiger partial charge in [-0.25, -0.2) is 0 Å². The second kappa shape index (κ2) is 11.4. The molecular weight excluding hydrogens is 410 g/mol. The van der Waals surface area contributed by atoms with Crippen LogP contribution in [0.5, 0.6) is 17.2 Å². The summed E-state index contributed by atoms with van der Waals surface area (Å²) in [6, 6.07) is 8.82. The van der Waals surface area contributed by atoms with E-state index in [9.17, 15) is 19.7 Å². The third kappa shape index (κ3) is 6.57. The quantitative estimate of drug-likeness (QED) is 0.293. The standard InChI is InChI=1S/C20H23N3O8/c1-28-9-10-31-18-12-15(23(26)27)13(11-17(18)29-2)20(25)22-14-5-3-4-6-16(14)30-8-7-19(21)24/h3-6,11-12H,7-10H2,1-2H3,(H2,21,24)(H,22,25). The zero-order valence-corrected chi connectivity index (χ0v) is 17.1. The number of nitro groups is 1. The molecule has 0 aromatic heterocycles. The lowest BCUT2D eigenvalue weighted by Gasteiger charge is -2.14. The summed E-state index contributed by atoms with van der Waals surface area (Å²) in [6.07, 6.45) is -0.00448. The number of ether oxygens (including phenoxy) is 4. The van der Waals surface area contributed by atoms with Gasteiger partial charge in [0, 0.05) is 13.2 Å². The molecule has 0 radical (unpaired) electrons. The fraction of sp³-hybridized carbons (Fsp3) is 0.300. The van der Waals surface area contributed by atoms with Crippen molar-refractivity contribution in [3.05, 3.63) is 52.1 Å². The van der Waals surface area contributed by atoms with Gasteiger partial charge in [-0.2, -0.15) is 0 Å². The zero-order valence-electron chi connectivity index (χ0n) is 17.1. The van der Waals surface area contributed by atoms with Crippen LogP contribution in [0.3, 0.4) is 0 Å². The van der Waals surface area contributed by atoms with Crippen LogP contribution in [0.2, 0.25) is 0 Å². The van der Waals surface area contributed by atoms with Crippen LogP contribution in [-0.2, 0) is 9.53 Å². The number of hydrogen-bond acceptors (Lipinski definition) is 8. The molecule has 0 atom stereocenters. The van der Waals surface area contributed by atoms with E-state index in [1.54, 1.807) is 24.3 Å². The van der Waals surface area contributed by atoms with E-state index in [0.29, 0.717) is 0 Å². The molecule has 2 rings (SSSR count). The van der Waals surface area contributed by atoms with Gasteiger partial charge >= 0.3 is 0 Å². The van der Waals surface area contributed by atoms with Crippen molar-refractivity contribution >= 4 is 23.2 Å². The van der Waals surface area contributed by atoms with Gasteiger partial charge in [0.2, 0.25) is 5.91 Å². The zero-order chi connectivity index (χ0) is 22.8. The fourth-order valence-electron chi connectivity index (χ4n) is 2.54. The third-order valence-corrected chi connectivity index (χ3v) is 4.01. The molecule has 0 saturated heterocycles. The van der Waals surface area contributed by atoms with Crippen molar-refractivity contribution in [2.24, 2.45) is 5.73 Å². The van der Waals surface area contributed by atoms with Crippen LogP contribution < -0.4 is 25.3 Å². The van der Waals surface area contributed by atoms with Crippen molar-refractivity contribution in [2.45, 2.75) is 6.42 Å². The molecule has 0 aliphatic carbocycles. The van der Waals surface area contributed by atoms with E-state index in [0.717, 1.165) is 6.07 Å². The number of benzene rings is 2. The first-order valence-electron chi connectivity index (χ1n) is 9.17. The Morgan fingerprint density at radius 1 is 1.03 bits per heavy atom. The molecular formula is C20H23N3O8. The number of methoxy groups -OCH3 is 2. The first-order chi connectivity index (χ1) is 14.9. The van der Waals surface area contributed by atoms with Crippen LogP contribution in [0.15, 0.2) is 36.4 Å². The highest BCUT2D eigenvalue weighted by atomic mass is 16.6. The number of nitrogens with one attached hydrogen (secondary N) is 1. The van der Waals surface area contributed by atoms with Gasteiger partial charge in [0.05, 0.1) is 43.4 Å². The molecule has 0 unspecified atom stereocenters. The Morgan fingerprint density at radius 3 is 2.39 bits per heavy atom. The molecule has 3 N–H and O–H groups in total. The van der Waals surface area contributed by atoms with Crippen molar-refractivity contribution in [3.63, 3.8) is 0 Å². The highest BCUT2D eigenvalue weighted by Crippen LogP contribution is 2.35. The first-order valence-corrected chi connectivity index (χ1v) is 9.17. The van der Waals surface area contributed by atoms with E-state index in [4.69, 9.17) is 24.7 Å². The maximum atomic E-state index is 12.9. The summed E-state index contributed by atoms with van der Waals surface area (Å²) in [5.74, 6) is -0.737. The lowest BCUT2D eigenvalue weighted by Crippen LogP contribution is -2.17. The summed E-state index contributed by atoms with van der Waals surface area (Å²) < 4.78 is 21.0. The van der Waals surface area contributed by atoms with Gasteiger partial charge in [-0.15, -0.1) is 0 Å². The minimum Gasteiger partial charge on any atom is -0.493 e. The van der Waals surface area contributed by atoms with Gasteiger partial charge in [0.25, 0.3) is 11.6 Å². The SMILES string of the molecule is COCCOc1cc([N+](=O)[O-])c(C(=O)Nc2ccccc2OCCC(N)=O)cc1OC. The minimum absolute atomic E-state index is 0.00448. The Kier molecular flexibility index (Phi) is 8.58. The van der Waals surface area contributed by atoms with Crippen LogP contribution in [0.4, 0.5) is 11.4 Å². The first kappa shape index (κ1) is 23.4. The summed E-state index contributed by atoms with van der Waals surface area (Å²) in [5, 5.41) is 14.2. The van der Waals surface area contributed by atoms with Crippen molar-refractivity contribution in [3.8, 4) is 17.2 Å². The number of carbonyl (C=O) groups excluding carboxylic acids is 2. The Bertz CT molecular complexity index is 948. The van der Waals surface area contributed by atoms with Gasteiger partial charge in [0.1, 0.15) is 17.9 Å². The molecule has 11 heteroatoms. The minimum atomic E-state index is -0.751. The van der Waals surface area contributed by atoms with Gasteiger partial charge in [-0.05, 0) is 12.1 Å². The summed E-state index contributed by atoms with van der Waals surface area (Å²) in [4.78, 5) is 34.6. The Hall–Kier alpha value is -3.86. The van der Waals surface area contributed by atoms with E-state index in [1.807, 2.05) is 0 Å². The van der Waals surface area contributed by atoms with Crippen molar-refractivity contribution in [1.82, 2.24) is 0 Å². The number of nitrogens with two attached hydrogens (primary N) is 1. The Morgan fingerprint density at radius 2 is 1.74 bits per heavy atom. The molecule has 31 heavy (non-hydrogen) atoms. The highest BCUT2D eigenvalue weighted by molar-refractivity contribution is 6.08. The van der Waals surface area contributed by atoms with E-state index < -0.39 is 22.4 Å². The number of nitrogens with zero attached hydrogens (tertiary/aromatic N) is 1. The maximum Gasteiger partial charge on any atom is 0.286 e. The Balaban J connectivity index is 2.30. The molecule has 2 aromatic carbocycles. The van der Waals surface area contributed by atoms with Gasteiger partial charge in [-0.1, -0.05) is 12.1 Å². The van der Waals surface area contributed by atoms with Crippen LogP contribution in [0.25, 0.3) is 0 Å². The Labute approximate surface area is 178 Å². The second-order valence-electron chi connectivity index (χ2n) is 6.13. The number of nitro benzene ring substituents is 1. The summed E-state index contributed by atoms with van der Waals surface area (Å²) in [7, 11) is 2.85. The normalized spacial score (nSPS) is 10.3. The molecule has 0 saturated carbocycles. The molecule has 0 aliphatic heterocycles. The highest BCUT2D eigenvalue weighted by Gasteiger charge is 2.25. The lowest BCUT2D eigenvalue weighted by molar-refractivity contribution is -0.385. The van der Waals surface area contributed by atoms with Crippen molar-refractivity contribution in [2.75, 3.05) is 39.4 Å². The predicted octanol–water partition coefficient (Wildman–Crippen LogP) is 2.14. The van der Waals surface area contributed by atoms with E-state index in [2.05, 4.69) is 5.32 Å². The van der Waals surface area contributed by atoms with Crippen LogP contribution in [-0.4, -0.2) is 50.8 Å². The molecule has 2 amide bonds. The number of carbonyl (C=O) groups is 2. The van der Waals surface area contributed by atoms with Crippen LogP contribution >= 0.6 is 0 Å². The van der Waals surface area contributed by atoms with E-state index in [1.165, 1.54) is 20.3 Å². The molecule has 0 fully saturated rings. The average molecular weight is 433 g/mol. The lowest BCUT2D eigenvalue weighted by atomic mass is 10.1. The molecule has 0 spiro atoms. The summed E-state index contributed by atoms with van der Waals surface area (Å²) >= 11 is 0. The van der Waals surface area contributed by atoms with Crippen molar-refractivity contribution in [1.29, 1.82) is 0 Å². The molecule has 2 aromatic rings. The molecule has 0 bridgehead atoms. The smallest absolute Gasteiger partial charge is 0.286 e. The molecule has 11 nitrogen and oxygen atoms in total. The van der Waals surface area contributed by atoms with Gasteiger partial charge < -0.3 is 30.0 Å². The number of hydrogen-bond donors (Lipinski definition) is 2. The topological polar surface area (TPSA) is 152 Å². The van der Waals surface area contributed by atoms with Crippen molar-refractivity contribution < 1.29 is 33.5 Å². The summed E-state index contributed by atoms with van der Waals surface area (Å²) in [6.45, 7) is 0.432. The number of primary amides is 1.